The lowest BCUT2D eigenvalue weighted by Crippen LogP contribution is -1.97. The Morgan fingerprint density at radius 2 is 2.11 bits per heavy atom. The highest BCUT2D eigenvalue weighted by Gasteiger charge is 2.07. The van der Waals surface area contributed by atoms with Crippen LogP contribution in [0, 0.1) is 0 Å². The molecular weight excluding hydrogens is 300 g/mol. The van der Waals surface area contributed by atoms with E-state index in [0.29, 0.717) is 23.0 Å². The van der Waals surface area contributed by atoms with E-state index in [1.807, 2.05) is 0 Å². The van der Waals surface area contributed by atoms with E-state index in [4.69, 9.17) is 10.5 Å². The van der Waals surface area contributed by atoms with Crippen LogP contribution in [0.15, 0.2) is 35.1 Å². The summed E-state index contributed by atoms with van der Waals surface area (Å²) in [4.78, 5) is 3.99. The molecule has 2 N–H and O–H groups in total. The van der Waals surface area contributed by atoms with Crippen LogP contribution in [-0.4, -0.2) is 25.0 Å². The van der Waals surface area contributed by atoms with Crippen molar-refractivity contribution in [3.05, 3.63) is 35.1 Å². The molecule has 0 radical (unpaired) electrons. The predicted octanol–water partition coefficient (Wildman–Crippen LogP) is 1.66. The normalized spacial score (nSPS) is 10.7. The Morgan fingerprint density at radius 1 is 1.22 bits per heavy atom. The third-order valence-corrected chi connectivity index (χ3v) is 2.65. The molecule has 7 nitrogen and oxygen atoms in total. The summed E-state index contributed by atoms with van der Waals surface area (Å²) in [6, 6.07) is 5.27. The minimum atomic E-state index is 0.412. The molecule has 18 heavy (non-hydrogen) atoms. The van der Waals surface area contributed by atoms with E-state index < -0.39 is 0 Å². The summed E-state index contributed by atoms with van der Waals surface area (Å²) in [7, 11) is 0. The summed E-state index contributed by atoms with van der Waals surface area (Å²) >= 11 is 3.35. The molecule has 2 aromatic heterocycles. The molecule has 3 aromatic rings. The number of fused-ring (bicyclic) bond motifs is 1. The lowest BCUT2D eigenvalue weighted by Gasteiger charge is -2.07. The van der Waals surface area contributed by atoms with Crippen LogP contribution in [0.25, 0.3) is 5.65 Å². The number of nitrogens with two attached hydrogens (primary N) is 1. The van der Waals surface area contributed by atoms with Crippen LogP contribution in [0.3, 0.4) is 0 Å². The van der Waals surface area contributed by atoms with Gasteiger partial charge in [0.1, 0.15) is 5.75 Å². The minimum absolute atomic E-state index is 0.412. The van der Waals surface area contributed by atoms with Crippen molar-refractivity contribution < 1.29 is 4.74 Å². The maximum Gasteiger partial charge on any atom is 0.242 e. The molecule has 0 spiro atoms. The Morgan fingerprint density at radius 3 is 2.94 bits per heavy atom. The van der Waals surface area contributed by atoms with Crippen molar-refractivity contribution in [3.8, 4) is 11.6 Å². The quantitative estimate of drug-likeness (QED) is 0.724. The molecule has 0 atom stereocenters. The molecule has 0 aliphatic rings. The predicted molar refractivity (Wildman–Crippen MR) is 67.2 cm³/mol. The first-order valence-corrected chi connectivity index (χ1v) is 5.78. The number of nitrogen functional groups attached to an aromatic ring is 1. The van der Waals surface area contributed by atoms with Gasteiger partial charge < -0.3 is 10.5 Å². The van der Waals surface area contributed by atoms with Gasteiger partial charge in [0.2, 0.25) is 11.5 Å². The Labute approximate surface area is 110 Å². The highest BCUT2D eigenvalue weighted by molar-refractivity contribution is 9.10. The van der Waals surface area contributed by atoms with Gasteiger partial charge in [-0.1, -0.05) is 15.9 Å². The van der Waals surface area contributed by atoms with Crippen molar-refractivity contribution in [2.45, 2.75) is 0 Å². The van der Waals surface area contributed by atoms with Gasteiger partial charge in [0.25, 0.3) is 0 Å². The van der Waals surface area contributed by atoms with Crippen molar-refractivity contribution >= 4 is 27.3 Å². The first kappa shape index (κ1) is 10.9. The highest BCUT2D eigenvalue weighted by Crippen LogP contribution is 2.26. The van der Waals surface area contributed by atoms with E-state index in [9.17, 15) is 0 Å². The van der Waals surface area contributed by atoms with E-state index in [1.54, 1.807) is 24.4 Å². The van der Waals surface area contributed by atoms with Gasteiger partial charge in [0.15, 0.2) is 0 Å². The number of rotatable bonds is 2. The fourth-order valence-corrected chi connectivity index (χ4v) is 1.98. The van der Waals surface area contributed by atoms with Crippen molar-refractivity contribution in [2.75, 3.05) is 5.73 Å². The lowest BCUT2D eigenvalue weighted by molar-refractivity contribution is 0.442. The van der Waals surface area contributed by atoms with Crippen LogP contribution >= 0.6 is 15.9 Å². The summed E-state index contributed by atoms with van der Waals surface area (Å²) in [5.74, 6) is 0.988. The Kier molecular flexibility index (Phi) is 2.56. The largest absolute Gasteiger partial charge is 0.437 e. The molecule has 0 aliphatic carbocycles. The smallest absolute Gasteiger partial charge is 0.242 e. The SMILES string of the molecule is Nc1cc(Br)cc(Oc2cncc3nnnn23)c1. The Hall–Kier alpha value is -2.22. The van der Waals surface area contributed by atoms with Crippen LogP contribution in [-0.2, 0) is 0 Å². The molecule has 3 rings (SSSR count). The Balaban J connectivity index is 2.03. The fraction of sp³-hybridized carbons (Fsp3) is 0. The lowest BCUT2D eigenvalue weighted by atomic mass is 10.3. The van der Waals surface area contributed by atoms with Crippen molar-refractivity contribution in [3.63, 3.8) is 0 Å². The number of nitrogens with zero attached hydrogens (tertiary/aromatic N) is 5. The van der Waals surface area contributed by atoms with Crippen LogP contribution in [0.1, 0.15) is 0 Å². The second-order valence-corrected chi connectivity index (χ2v) is 4.43. The zero-order valence-electron chi connectivity index (χ0n) is 8.99. The Bertz CT molecular complexity index is 692. The second-order valence-electron chi connectivity index (χ2n) is 3.52. The molecular formula is C10H7BrN6O. The van der Waals surface area contributed by atoms with Gasteiger partial charge in [-0.2, -0.15) is 4.52 Å². The maximum atomic E-state index is 5.73. The molecule has 90 valence electrons. The van der Waals surface area contributed by atoms with Gasteiger partial charge in [-0.3, -0.25) is 4.98 Å². The minimum Gasteiger partial charge on any atom is -0.437 e. The molecule has 0 aliphatic heterocycles. The average Bonchev–Trinajstić information content (AvgIpc) is 2.76. The van der Waals surface area contributed by atoms with Crippen LogP contribution in [0.2, 0.25) is 0 Å². The van der Waals surface area contributed by atoms with E-state index in [0.717, 1.165) is 4.47 Å². The number of anilines is 1. The van der Waals surface area contributed by atoms with Crippen molar-refractivity contribution in [2.24, 2.45) is 0 Å². The standard InChI is InChI=1S/C10H7BrN6O/c11-6-1-7(12)3-8(2-6)18-10-5-13-4-9-14-15-16-17(9)10/h1-5H,12H2. The molecule has 0 amide bonds. The summed E-state index contributed by atoms with van der Waals surface area (Å²) in [6.07, 6.45) is 3.07. The molecule has 0 bridgehead atoms. The molecule has 0 saturated carbocycles. The topological polar surface area (TPSA) is 91.2 Å². The second kappa shape index (κ2) is 4.22. The van der Waals surface area contributed by atoms with Gasteiger partial charge in [-0.25, -0.2) is 0 Å². The maximum absolute atomic E-state index is 5.73. The molecule has 2 heterocycles. The van der Waals surface area contributed by atoms with E-state index in [-0.39, 0.29) is 0 Å². The van der Waals surface area contributed by atoms with Gasteiger partial charge in [-0.05, 0) is 22.6 Å². The summed E-state index contributed by atoms with van der Waals surface area (Å²) < 4.78 is 7.94. The molecule has 0 saturated heterocycles. The first-order valence-electron chi connectivity index (χ1n) is 4.98. The number of aromatic nitrogens is 5. The number of hydrogen-bond acceptors (Lipinski definition) is 6. The van der Waals surface area contributed by atoms with Gasteiger partial charge in [0.05, 0.1) is 12.4 Å². The monoisotopic (exact) mass is 306 g/mol. The van der Waals surface area contributed by atoms with Crippen molar-refractivity contribution in [1.29, 1.82) is 0 Å². The first-order chi connectivity index (χ1) is 8.72. The van der Waals surface area contributed by atoms with Gasteiger partial charge >= 0.3 is 0 Å². The third-order valence-electron chi connectivity index (χ3n) is 2.19. The summed E-state index contributed by atoms with van der Waals surface area (Å²) in [5, 5.41) is 11.1. The van der Waals surface area contributed by atoms with E-state index in [1.165, 1.54) is 10.7 Å². The molecule has 1 aromatic carbocycles. The molecule has 0 unspecified atom stereocenters. The number of benzene rings is 1. The van der Waals surface area contributed by atoms with Crippen LogP contribution in [0.4, 0.5) is 5.69 Å². The zero-order valence-corrected chi connectivity index (χ0v) is 10.6. The highest BCUT2D eigenvalue weighted by atomic mass is 79.9. The summed E-state index contributed by atoms with van der Waals surface area (Å²) in [5.41, 5.74) is 6.84. The fourth-order valence-electron chi connectivity index (χ4n) is 1.49. The van der Waals surface area contributed by atoms with Crippen molar-refractivity contribution in [1.82, 2.24) is 25.0 Å². The number of halogens is 1. The number of tetrazole rings is 1. The number of hydrogen-bond donors (Lipinski definition) is 1. The van der Waals surface area contributed by atoms with Gasteiger partial charge in [0, 0.05) is 16.2 Å². The summed E-state index contributed by atoms with van der Waals surface area (Å²) in [6.45, 7) is 0. The van der Waals surface area contributed by atoms with Crippen LogP contribution in [0.5, 0.6) is 11.6 Å². The van der Waals surface area contributed by atoms with E-state index in [2.05, 4.69) is 36.4 Å². The zero-order chi connectivity index (χ0) is 12.5. The van der Waals surface area contributed by atoms with E-state index >= 15 is 0 Å². The third kappa shape index (κ3) is 1.97. The molecule has 0 fully saturated rings. The average molecular weight is 307 g/mol. The van der Waals surface area contributed by atoms with Crippen LogP contribution < -0.4 is 10.5 Å². The molecule has 8 heteroatoms. The number of ether oxygens (including phenoxy) is 1. The van der Waals surface area contributed by atoms with Gasteiger partial charge in [-0.15, -0.1) is 5.10 Å².